The molecule has 6 heteroatoms. The number of rotatable bonds is 2. The molecule has 2 atom stereocenters. The molecule has 0 aromatic rings. The van der Waals surface area contributed by atoms with Gasteiger partial charge in [-0.3, -0.25) is 4.90 Å². The second kappa shape index (κ2) is 4.72. The molecule has 1 heterocycles. The molecule has 0 spiro atoms. The number of aliphatic hydroxyl groups is 1. The fraction of sp³-hybridized carbons (Fsp3) is 1.00. The highest BCUT2D eigenvalue weighted by Gasteiger charge is 2.39. The second-order valence-corrected chi connectivity index (χ2v) is 4.63. The zero-order valence-electron chi connectivity index (χ0n) is 7.92. The summed E-state index contributed by atoms with van der Waals surface area (Å²) in [7, 11) is 0. The molecule has 1 fully saturated rings. The molecule has 0 bridgehead atoms. The molecule has 84 valence electrons. The summed E-state index contributed by atoms with van der Waals surface area (Å²) in [6.45, 7) is 2.21. The van der Waals surface area contributed by atoms with Crippen molar-refractivity contribution in [2.45, 2.75) is 25.2 Å². The van der Waals surface area contributed by atoms with E-state index in [1.807, 2.05) is 6.92 Å². The van der Waals surface area contributed by atoms with Crippen molar-refractivity contribution >= 4 is 11.8 Å². The van der Waals surface area contributed by atoms with Crippen LogP contribution in [0.2, 0.25) is 0 Å². The number of β-amino-alcohol motifs (C(OH)–C–C–N with tert-alkyl or cyclic N) is 1. The van der Waals surface area contributed by atoms with Gasteiger partial charge in [0.05, 0.1) is 0 Å². The highest BCUT2D eigenvalue weighted by atomic mass is 32.2. The lowest BCUT2D eigenvalue weighted by Gasteiger charge is -2.34. The monoisotopic (exact) mass is 229 g/mol. The summed E-state index contributed by atoms with van der Waals surface area (Å²) >= 11 is 1.74. The number of thioether (sulfide) groups is 1. The third-order valence-corrected chi connectivity index (χ3v) is 3.48. The summed E-state index contributed by atoms with van der Waals surface area (Å²) in [4.78, 5) is 1.69. The SMILES string of the molecule is C[C@H]1CSCCN1C[C@H](O)C(F)(F)F. The van der Waals surface area contributed by atoms with Gasteiger partial charge in [-0.1, -0.05) is 0 Å². The quantitative estimate of drug-likeness (QED) is 0.773. The Morgan fingerprint density at radius 3 is 2.71 bits per heavy atom. The number of alkyl halides is 3. The highest BCUT2D eigenvalue weighted by molar-refractivity contribution is 7.99. The van der Waals surface area contributed by atoms with Crippen LogP contribution in [0.15, 0.2) is 0 Å². The number of aliphatic hydroxyl groups excluding tert-OH is 1. The normalized spacial score (nSPS) is 27.6. The molecule has 1 saturated heterocycles. The van der Waals surface area contributed by atoms with Crippen LogP contribution in [-0.4, -0.2) is 52.9 Å². The van der Waals surface area contributed by atoms with E-state index in [-0.39, 0.29) is 12.6 Å². The van der Waals surface area contributed by atoms with E-state index < -0.39 is 12.3 Å². The van der Waals surface area contributed by atoms with Crippen LogP contribution in [0, 0.1) is 0 Å². The fourth-order valence-electron chi connectivity index (χ4n) is 1.36. The summed E-state index contributed by atoms with van der Waals surface area (Å²) in [5, 5.41) is 8.88. The van der Waals surface area contributed by atoms with Crippen molar-refractivity contribution in [3.8, 4) is 0 Å². The van der Waals surface area contributed by atoms with Crippen LogP contribution in [-0.2, 0) is 0 Å². The third kappa shape index (κ3) is 3.33. The van der Waals surface area contributed by atoms with Gasteiger partial charge in [0, 0.05) is 30.6 Å². The van der Waals surface area contributed by atoms with Crippen molar-refractivity contribution in [3.63, 3.8) is 0 Å². The van der Waals surface area contributed by atoms with Crippen molar-refractivity contribution in [2.75, 3.05) is 24.6 Å². The van der Waals surface area contributed by atoms with E-state index in [1.165, 1.54) is 0 Å². The lowest BCUT2D eigenvalue weighted by molar-refractivity contribution is -0.209. The molecule has 0 saturated carbocycles. The summed E-state index contributed by atoms with van der Waals surface area (Å²) in [6, 6.07) is 0.116. The Balaban J connectivity index is 2.42. The van der Waals surface area contributed by atoms with Gasteiger partial charge in [0.25, 0.3) is 0 Å². The highest BCUT2D eigenvalue weighted by Crippen LogP contribution is 2.23. The fourth-order valence-corrected chi connectivity index (χ4v) is 2.44. The molecule has 14 heavy (non-hydrogen) atoms. The zero-order chi connectivity index (χ0) is 10.8. The number of halogens is 3. The van der Waals surface area contributed by atoms with E-state index in [2.05, 4.69) is 0 Å². The lowest BCUT2D eigenvalue weighted by atomic mass is 10.2. The van der Waals surface area contributed by atoms with E-state index >= 15 is 0 Å². The first-order valence-electron chi connectivity index (χ1n) is 4.48. The first kappa shape index (κ1) is 12.1. The Bertz CT molecular complexity index is 188. The molecule has 0 aromatic carbocycles. The second-order valence-electron chi connectivity index (χ2n) is 3.48. The van der Waals surface area contributed by atoms with Crippen molar-refractivity contribution in [2.24, 2.45) is 0 Å². The average molecular weight is 229 g/mol. The minimum absolute atomic E-state index is 0.116. The van der Waals surface area contributed by atoms with Gasteiger partial charge in [0.1, 0.15) is 0 Å². The molecule has 2 nitrogen and oxygen atoms in total. The molecule has 1 aliphatic heterocycles. The summed E-state index contributed by atoms with van der Waals surface area (Å²) in [5.41, 5.74) is 0. The van der Waals surface area contributed by atoms with Crippen LogP contribution in [0.4, 0.5) is 13.2 Å². The largest absolute Gasteiger partial charge is 0.415 e. The van der Waals surface area contributed by atoms with Crippen LogP contribution in [0.1, 0.15) is 6.92 Å². The van der Waals surface area contributed by atoms with Gasteiger partial charge >= 0.3 is 6.18 Å². The predicted molar refractivity (Wildman–Crippen MR) is 50.4 cm³/mol. The maximum Gasteiger partial charge on any atom is 0.415 e. The lowest BCUT2D eigenvalue weighted by Crippen LogP contribution is -2.48. The van der Waals surface area contributed by atoms with E-state index in [0.717, 1.165) is 11.5 Å². The first-order valence-corrected chi connectivity index (χ1v) is 5.63. The van der Waals surface area contributed by atoms with E-state index in [9.17, 15) is 13.2 Å². The van der Waals surface area contributed by atoms with Gasteiger partial charge in [0.15, 0.2) is 6.10 Å². The number of hydrogen-bond acceptors (Lipinski definition) is 3. The van der Waals surface area contributed by atoms with Gasteiger partial charge in [-0.2, -0.15) is 24.9 Å². The Morgan fingerprint density at radius 1 is 1.57 bits per heavy atom. The minimum atomic E-state index is -4.50. The predicted octanol–water partition coefficient (Wildman–Crippen LogP) is 1.35. The average Bonchev–Trinajstić information content (AvgIpc) is 2.07. The van der Waals surface area contributed by atoms with Crippen LogP contribution in [0.3, 0.4) is 0 Å². The standard InChI is InChI=1S/C8H14F3NOS/c1-6-5-14-3-2-12(6)4-7(13)8(9,10)11/h6-7,13H,2-5H2,1H3/t6-,7-/m0/s1. The molecule has 0 radical (unpaired) electrons. The molecule has 1 N–H and O–H groups in total. The first-order chi connectivity index (χ1) is 6.41. The maximum atomic E-state index is 12.0. The van der Waals surface area contributed by atoms with Gasteiger partial charge in [0.2, 0.25) is 0 Å². The Labute approximate surface area is 85.5 Å². The molecular formula is C8H14F3NOS. The van der Waals surface area contributed by atoms with Crippen molar-refractivity contribution in [1.29, 1.82) is 0 Å². The van der Waals surface area contributed by atoms with E-state index in [4.69, 9.17) is 5.11 Å². The topological polar surface area (TPSA) is 23.5 Å². The Hall–Kier alpha value is 0.0600. The van der Waals surface area contributed by atoms with Crippen LogP contribution < -0.4 is 0 Å². The number of hydrogen-bond donors (Lipinski definition) is 1. The third-order valence-electron chi connectivity index (χ3n) is 2.29. The van der Waals surface area contributed by atoms with Crippen molar-refractivity contribution in [1.82, 2.24) is 4.90 Å². The van der Waals surface area contributed by atoms with Gasteiger partial charge < -0.3 is 5.11 Å². The summed E-state index contributed by atoms with van der Waals surface area (Å²) in [6.07, 6.45) is -6.71. The molecular weight excluding hydrogens is 215 g/mol. The molecule has 0 aliphatic carbocycles. The zero-order valence-corrected chi connectivity index (χ0v) is 8.74. The van der Waals surface area contributed by atoms with Crippen LogP contribution in [0.25, 0.3) is 0 Å². The van der Waals surface area contributed by atoms with Crippen molar-refractivity contribution < 1.29 is 18.3 Å². The van der Waals surface area contributed by atoms with Gasteiger partial charge in [-0.15, -0.1) is 0 Å². The van der Waals surface area contributed by atoms with E-state index in [0.29, 0.717) is 6.54 Å². The van der Waals surface area contributed by atoms with E-state index in [1.54, 1.807) is 16.7 Å². The Kier molecular flexibility index (Phi) is 4.09. The number of nitrogens with zero attached hydrogens (tertiary/aromatic N) is 1. The Morgan fingerprint density at radius 2 is 2.21 bits per heavy atom. The summed E-state index contributed by atoms with van der Waals surface area (Å²) in [5.74, 6) is 1.68. The molecule has 0 amide bonds. The van der Waals surface area contributed by atoms with Crippen LogP contribution >= 0.6 is 11.8 Å². The summed E-state index contributed by atoms with van der Waals surface area (Å²) < 4.78 is 36.1. The molecule has 0 aromatic heterocycles. The molecule has 1 aliphatic rings. The minimum Gasteiger partial charge on any atom is -0.382 e. The molecule has 1 rings (SSSR count). The van der Waals surface area contributed by atoms with Gasteiger partial charge in [-0.05, 0) is 6.92 Å². The van der Waals surface area contributed by atoms with Crippen molar-refractivity contribution in [3.05, 3.63) is 0 Å². The molecule has 0 unspecified atom stereocenters. The van der Waals surface area contributed by atoms with Gasteiger partial charge in [-0.25, -0.2) is 0 Å². The smallest absolute Gasteiger partial charge is 0.382 e. The maximum absolute atomic E-state index is 12.0. The van der Waals surface area contributed by atoms with Crippen LogP contribution in [0.5, 0.6) is 0 Å².